The summed E-state index contributed by atoms with van der Waals surface area (Å²) in [5.74, 6) is 0.433. The molecule has 28 heavy (non-hydrogen) atoms. The van der Waals surface area contributed by atoms with E-state index < -0.39 is 8.32 Å². The molecule has 1 aliphatic carbocycles. The highest BCUT2D eigenvalue weighted by atomic mass is 79.9. The molecule has 0 unspecified atom stereocenters. The minimum atomic E-state index is -1.89. The number of nitrogens with one attached hydrogen (secondary N) is 1. The van der Waals surface area contributed by atoms with E-state index in [9.17, 15) is 4.79 Å². The van der Waals surface area contributed by atoms with Gasteiger partial charge in [-0.3, -0.25) is 9.78 Å². The van der Waals surface area contributed by atoms with E-state index >= 15 is 0 Å². The van der Waals surface area contributed by atoms with Crippen molar-refractivity contribution in [3.05, 3.63) is 57.8 Å². The topological polar surface area (TPSA) is 51.2 Å². The number of benzene rings is 1. The molecule has 0 bridgehead atoms. The molecule has 0 radical (unpaired) electrons. The molecule has 1 aromatic carbocycles. The van der Waals surface area contributed by atoms with Gasteiger partial charge in [0.25, 0.3) is 5.91 Å². The number of pyridine rings is 1. The quantitative estimate of drug-likeness (QED) is 0.500. The number of nitrogens with zero attached hydrogens (tertiary/aromatic N) is 1. The molecule has 2 aromatic rings. The Labute approximate surface area is 177 Å². The van der Waals surface area contributed by atoms with E-state index in [0.717, 1.165) is 21.4 Å². The van der Waals surface area contributed by atoms with Crippen LogP contribution in [0.5, 0.6) is 0 Å². The van der Waals surface area contributed by atoms with Gasteiger partial charge < -0.3 is 9.74 Å². The van der Waals surface area contributed by atoms with Crippen molar-refractivity contribution in [3.63, 3.8) is 0 Å². The van der Waals surface area contributed by atoms with Gasteiger partial charge in [0.15, 0.2) is 8.32 Å². The molecule has 1 amide bonds. The second kappa shape index (κ2) is 8.09. The van der Waals surface area contributed by atoms with Crippen molar-refractivity contribution in [2.45, 2.75) is 64.3 Å². The van der Waals surface area contributed by atoms with E-state index in [1.165, 1.54) is 12.8 Å². The summed E-state index contributed by atoms with van der Waals surface area (Å²) in [7, 11) is -1.89. The highest BCUT2D eigenvalue weighted by Crippen LogP contribution is 2.39. The fraction of sp³-hybridized carbons (Fsp3) is 0.455. The number of hydrogen-bond donors (Lipinski definition) is 1. The number of halogens is 1. The highest BCUT2D eigenvalue weighted by Gasteiger charge is 2.37. The number of anilines is 1. The summed E-state index contributed by atoms with van der Waals surface area (Å²) in [4.78, 5) is 17.2. The Morgan fingerprint density at radius 3 is 2.54 bits per heavy atom. The zero-order chi connectivity index (χ0) is 20.5. The average Bonchev–Trinajstić information content (AvgIpc) is 3.45. The Kier molecular flexibility index (Phi) is 6.13. The average molecular weight is 461 g/mol. The maximum Gasteiger partial charge on any atom is 0.257 e. The molecule has 4 nitrogen and oxygen atoms in total. The van der Waals surface area contributed by atoms with Gasteiger partial charge >= 0.3 is 0 Å². The van der Waals surface area contributed by atoms with Gasteiger partial charge in [-0.05, 0) is 55.2 Å². The normalized spacial score (nSPS) is 14.8. The van der Waals surface area contributed by atoms with Crippen LogP contribution >= 0.6 is 15.9 Å². The van der Waals surface area contributed by atoms with Crippen LogP contribution in [-0.4, -0.2) is 19.2 Å². The van der Waals surface area contributed by atoms with Gasteiger partial charge in [0.2, 0.25) is 0 Å². The fourth-order valence-corrected chi connectivity index (χ4v) is 4.07. The molecule has 150 valence electrons. The lowest BCUT2D eigenvalue weighted by Gasteiger charge is -2.36. The first kappa shape index (κ1) is 21.2. The first-order valence-electron chi connectivity index (χ1n) is 9.77. The van der Waals surface area contributed by atoms with Gasteiger partial charge in [-0.1, -0.05) is 42.8 Å². The van der Waals surface area contributed by atoms with Crippen molar-refractivity contribution >= 4 is 35.8 Å². The third-order valence-corrected chi connectivity index (χ3v) is 11.0. The van der Waals surface area contributed by atoms with Crippen molar-refractivity contribution in [2.24, 2.45) is 0 Å². The summed E-state index contributed by atoms with van der Waals surface area (Å²) in [5, 5.41) is 3.17. The Hall–Kier alpha value is -1.50. The van der Waals surface area contributed by atoms with Crippen molar-refractivity contribution in [1.29, 1.82) is 0 Å². The Balaban J connectivity index is 1.74. The third-order valence-electron chi connectivity index (χ3n) is 5.79. The second-order valence-electron chi connectivity index (χ2n) is 9.02. The highest BCUT2D eigenvalue weighted by molar-refractivity contribution is 9.10. The van der Waals surface area contributed by atoms with Gasteiger partial charge in [-0.15, -0.1) is 0 Å². The minimum Gasteiger partial charge on any atom is -0.412 e. The summed E-state index contributed by atoms with van der Waals surface area (Å²) < 4.78 is 7.32. The van der Waals surface area contributed by atoms with E-state index in [0.29, 0.717) is 18.1 Å². The molecule has 0 saturated heterocycles. The fourth-order valence-electron chi connectivity index (χ4n) is 2.65. The predicted octanol–water partition coefficient (Wildman–Crippen LogP) is 6.50. The summed E-state index contributed by atoms with van der Waals surface area (Å²) in [6.45, 7) is 11.6. The molecular weight excluding hydrogens is 432 g/mol. The van der Waals surface area contributed by atoms with Crippen LogP contribution in [0.25, 0.3) is 0 Å². The number of rotatable bonds is 6. The summed E-state index contributed by atoms with van der Waals surface area (Å²) in [6, 6.07) is 9.64. The van der Waals surface area contributed by atoms with Crippen LogP contribution in [0.15, 0.2) is 41.0 Å². The smallest absolute Gasteiger partial charge is 0.257 e. The number of hydrogen-bond acceptors (Lipinski definition) is 3. The van der Waals surface area contributed by atoms with E-state index in [4.69, 9.17) is 4.43 Å². The monoisotopic (exact) mass is 460 g/mol. The SMILES string of the molecule is CC(C)(C)[Si](C)(C)OCc1c(Br)cccc1NC(=O)c1ccc(C2CC2)nc1. The molecule has 6 heteroatoms. The van der Waals surface area contributed by atoms with Crippen molar-refractivity contribution in [1.82, 2.24) is 4.98 Å². The molecule has 1 heterocycles. The largest absolute Gasteiger partial charge is 0.412 e. The maximum atomic E-state index is 12.7. The van der Waals surface area contributed by atoms with E-state index in [1.54, 1.807) is 6.20 Å². The summed E-state index contributed by atoms with van der Waals surface area (Å²) >= 11 is 3.62. The van der Waals surface area contributed by atoms with Crippen LogP contribution in [0.4, 0.5) is 5.69 Å². The molecule has 0 spiro atoms. The molecule has 1 fully saturated rings. The zero-order valence-electron chi connectivity index (χ0n) is 17.3. The predicted molar refractivity (Wildman–Crippen MR) is 120 cm³/mol. The molecule has 1 N–H and O–H groups in total. The van der Waals surface area contributed by atoms with Crippen LogP contribution in [0, 0.1) is 0 Å². The van der Waals surface area contributed by atoms with Crippen LogP contribution in [0.3, 0.4) is 0 Å². The van der Waals surface area contributed by atoms with Crippen LogP contribution in [0.1, 0.15) is 61.1 Å². The molecular formula is C22H29BrN2O2Si. The molecule has 3 rings (SSSR count). The third kappa shape index (κ3) is 4.91. The Bertz CT molecular complexity index is 856. The number of amides is 1. The van der Waals surface area contributed by atoms with Gasteiger partial charge in [0.05, 0.1) is 12.2 Å². The number of carbonyl (C=O) groups excluding carboxylic acids is 1. The van der Waals surface area contributed by atoms with E-state index in [-0.39, 0.29) is 10.9 Å². The number of carbonyl (C=O) groups is 1. The molecule has 0 atom stereocenters. The van der Waals surface area contributed by atoms with Gasteiger partial charge in [0.1, 0.15) is 0 Å². The minimum absolute atomic E-state index is 0.132. The van der Waals surface area contributed by atoms with Gasteiger partial charge in [0, 0.05) is 33.5 Å². The van der Waals surface area contributed by atoms with Crippen molar-refractivity contribution in [2.75, 3.05) is 5.32 Å². The van der Waals surface area contributed by atoms with Crippen molar-refractivity contribution < 1.29 is 9.22 Å². The maximum absolute atomic E-state index is 12.7. The van der Waals surface area contributed by atoms with Crippen LogP contribution in [-0.2, 0) is 11.0 Å². The lowest BCUT2D eigenvalue weighted by molar-refractivity contribution is 0.102. The van der Waals surface area contributed by atoms with E-state index in [2.05, 4.69) is 60.1 Å². The van der Waals surface area contributed by atoms with E-state index in [1.807, 2.05) is 30.3 Å². The van der Waals surface area contributed by atoms with Crippen LogP contribution in [0.2, 0.25) is 18.1 Å². The molecule has 1 saturated carbocycles. The van der Waals surface area contributed by atoms with Gasteiger partial charge in [-0.2, -0.15) is 0 Å². The summed E-state index contributed by atoms with van der Waals surface area (Å²) in [5.41, 5.74) is 3.38. The Morgan fingerprint density at radius 1 is 1.25 bits per heavy atom. The van der Waals surface area contributed by atoms with Crippen LogP contribution < -0.4 is 5.32 Å². The summed E-state index contributed by atoms with van der Waals surface area (Å²) in [6.07, 6.45) is 4.08. The zero-order valence-corrected chi connectivity index (χ0v) is 19.9. The Morgan fingerprint density at radius 2 is 1.96 bits per heavy atom. The lowest BCUT2D eigenvalue weighted by Crippen LogP contribution is -2.40. The second-order valence-corrected chi connectivity index (χ2v) is 14.7. The first-order chi connectivity index (χ1) is 13.1. The molecule has 0 aliphatic heterocycles. The number of aromatic nitrogens is 1. The lowest BCUT2D eigenvalue weighted by atomic mass is 10.1. The van der Waals surface area contributed by atoms with Gasteiger partial charge in [-0.25, -0.2) is 0 Å². The van der Waals surface area contributed by atoms with Crippen molar-refractivity contribution in [3.8, 4) is 0 Å². The molecule has 1 aromatic heterocycles. The molecule has 1 aliphatic rings. The standard InChI is InChI=1S/C22H29BrN2O2Si/c1-22(2,3)28(4,5)27-14-17-18(23)7-6-8-20(17)25-21(26)16-11-12-19(24-13-16)15-9-10-15/h6-8,11-13,15H,9-10,14H2,1-5H3,(H,25,26). The first-order valence-corrected chi connectivity index (χ1v) is 13.5.